The van der Waals surface area contributed by atoms with Crippen LogP contribution in [-0.2, 0) is 16.4 Å². The standard InChI is InChI=1S/C16H12ClF3N2O2/c1-15(10-6-13(17)21-7-12(10)24-2)9-4-3-8(16(18,19)20)5-11(9)22-14(15)23/h3-7H,1-2H3,(H,22,23)/t15-/m1/s1. The Bertz CT molecular complexity index is 839. The second-order valence-corrected chi connectivity index (χ2v) is 5.93. The number of rotatable bonds is 2. The molecule has 24 heavy (non-hydrogen) atoms. The lowest BCUT2D eigenvalue weighted by atomic mass is 9.77. The highest BCUT2D eigenvalue weighted by molar-refractivity contribution is 6.29. The molecule has 0 saturated carbocycles. The van der Waals surface area contributed by atoms with E-state index in [0.717, 1.165) is 12.1 Å². The smallest absolute Gasteiger partial charge is 0.416 e. The van der Waals surface area contributed by atoms with Gasteiger partial charge in [0.05, 0.1) is 18.9 Å². The van der Waals surface area contributed by atoms with E-state index >= 15 is 0 Å². The number of aromatic nitrogens is 1. The van der Waals surface area contributed by atoms with Gasteiger partial charge in [-0.2, -0.15) is 13.2 Å². The number of amides is 1. The average Bonchev–Trinajstić information content (AvgIpc) is 2.78. The van der Waals surface area contributed by atoms with Gasteiger partial charge in [0.2, 0.25) is 5.91 Å². The number of benzene rings is 1. The number of hydrogen-bond donors (Lipinski definition) is 1. The van der Waals surface area contributed by atoms with Gasteiger partial charge in [-0.15, -0.1) is 0 Å². The summed E-state index contributed by atoms with van der Waals surface area (Å²) in [5.74, 6) is -0.137. The van der Waals surface area contributed by atoms with Crippen LogP contribution in [0.2, 0.25) is 5.15 Å². The third kappa shape index (κ3) is 2.39. The maximum Gasteiger partial charge on any atom is 0.416 e. The van der Waals surface area contributed by atoms with Crippen LogP contribution in [0.3, 0.4) is 0 Å². The number of carbonyl (C=O) groups is 1. The number of anilines is 1. The zero-order valence-electron chi connectivity index (χ0n) is 12.7. The van der Waals surface area contributed by atoms with E-state index in [1.165, 1.54) is 25.4 Å². The van der Waals surface area contributed by atoms with Crippen LogP contribution in [0, 0.1) is 0 Å². The molecule has 8 heteroatoms. The summed E-state index contributed by atoms with van der Waals surface area (Å²) in [7, 11) is 1.41. The third-order valence-corrected chi connectivity index (χ3v) is 4.39. The Balaban J connectivity index is 2.21. The van der Waals surface area contributed by atoms with Crippen molar-refractivity contribution in [3.63, 3.8) is 0 Å². The SMILES string of the molecule is COc1cnc(Cl)cc1[C@]1(C)C(=O)Nc2cc(C(F)(F)F)ccc21. The molecule has 0 bridgehead atoms. The van der Waals surface area contributed by atoms with Crippen LogP contribution in [-0.4, -0.2) is 18.0 Å². The van der Waals surface area contributed by atoms with Crippen molar-refractivity contribution in [2.75, 3.05) is 12.4 Å². The molecule has 0 unspecified atom stereocenters. The van der Waals surface area contributed by atoms with E-state index in [1.807, 2.05) is 0 Å². The summed E-state index contributed by atoms with van der Waals surface area (Å²) in [6, 6.07) is 4.65. The molecule has 0 fully saturated rings. The van der Waals surface area contributed by atoms with Crippen molar-refractivity contribution >= 4 is 23.2 Å². The summed E-state index contributed by atoms with van der Waals surface area (Å²) < 4.78 is 43.9. The molecule has 2 aromatic rings. The fraction of sp³-hybridized carbons (Fsp3) is 0.250. The van der Waals surface area contributed by atoms with Crippen molar-refractivity contribution in [2.45, 2.75) is 18.5 Å². The van der Waals surface area contributed by atoms with E-state index in [0.29, 0.717) is 16.9 Å². The topological polar surface area (TPSA) is 51.2 Å². The third-order valence-electron chi connectivity index (χ3n) is 4.18. The second kappa shape index (κ2) is 5.37. The van der Waals surface area contributed by atoms with Gasteiger partial charge in [0, 0.05) is 11.3 Å². The van der Waals surface area contributed by atoms with Crippen LogP contribution in [0.4, 0.5) is 18.9 Å². The molecule has 1 N–H and O–H groups in total. The first-order chi connectivity index (χ1) is 11.2. The lowest BCUT2D eigenvalue weighted by Gasteiger charge is -2.25. The summed E-state index contributed by atoms with van der Waals surface area (Å²) >= 11 is 5.93. The fourth-order valence-electron chi connectivity index (χ4n) is 2.87. The molecule has 4 nitrogen and oxygen atoms in total. The van der Waals surface area contributed by atoms with E-state index < -0.39 is 23.1 Å². The second-order valence-electron chi connectivity index (χ2n) is 5.54. The molecular formula is C16H12ClF3N2O2. The molecule has 1 atom stereocenters. The quantitative estimate of drug-likeness (QED) is 0.827. The van der Waals surface area contributed by atoms with Crippen LogP contribution in [0.25, 0.3) is 0 Å². The molecule has 1 aliphatic rings. The van der Waals surface area contributed by atoms with E-state index in [1.54, 1.807) is 6.92 Å². The van der Waals surface area contributed by atoms with Crippen LogP contribution >= 0.6 is 11.6 Å². The number of nitrogens with one attached hydrogen (secondary N) is 1. The predicted molar refractivity (Wildman–Crippen MR) is 82.3 cm³/mol. The summed E-state index contributed by atoms with van der Waals surface area (Å²) in [4.78, 5) is 16.5. The minimum atomic E-state index is -4.49. The molecule has 0 radical (unpaired) electrons. The highest BCUT2D eigenvalue weighted by Crippen LogP contribution is 2.47. The fourth-order valence-corrected chi connectivity index (χ4v) is 3.03. The first-order valence-electron chi connectivity index (χ1n) is 6.91. The molecule has 0 spiro atoms. The summed E-state index contributed by atoms with van der Waals surface area (Å²) in [5, 5.41) is 2.66. The highest BCUT2D eigenvalue weighted by atomic mass is 35.5. The Morgan fingerprint density at radius 3 is 2.58 bits per heavy atom. The van der Waals surface area contributed by atoms with Gasteiger partial charge in [-0.1, -0.05) is 17.7 Å². The summed E-state index contributed by atoms with van der Waals surface area (Å²) in [6.45, 7) is 1.61. The van der Waals surface area contributed by atoms with Crippen LogP contribution in [0.5, 0.6) is 5.75 Å². The van der Waals surface area contributed by atoms with Gasteiger partial charge in [-0.3, -0.25) is 4.79 Å². The Morgan fingerprint density at radius 2 is 1.96 bits per heavy atom. The van der Waals surface area contributed by atoms with Gasteiger partial charge in [0.25, 0.3) is 0 Å². The van der Waals surface area contributed by atoms with Gasteiger partial charge >= 0.3 is 6.18 Å². The zero-order chi connectivity index (χ0) is 17.7. The van der Waals surface area contributed by atoms with Crippen molar-refractivity contribution in [2.24, 2.45) is 0 Å². The van der Waals surface area contributed by atoms with E-state index in [2.05, 4.69) is 10.3 Å². The molecule has 0 saturated heterocycles. The Labute approximate surface area is 140 Å². The van der Waals surface area contributed by atoms with Crippen molar-refractivity contribution in [1.82, 2.24) is 4.98 Å². The lowest BCUT2D eigenvalue weighted by molar-refractivity contribution is -0.137. The van der Waals surface area contributed by atoms with Gasteiger partial charge in [-0.25, -0.2) is 4.98 Å². The normalized spacial score (nSPS) is 19.8. The molecule has 1 aromatic heterocycles. The molecule has 126 valence electrons. The van der Waals surface area contributed by atoms with Gasteiger partial charge in [0.15, 0.2) is 0 Å². The molecule has 0 aliphatic carbocycles. The number of hydrogen-bond acceptors (Lipinski definition) is 3. The van der Waals surface area contributed by atoms with E-state index in [9.17, 15) is 18.0 Å². The predicted octanol–water partition coefficient (Wildman–Crippen LogP) is 4.02. The van der Waals surface area contributed by atoms with E-state index in [4.69, 9.17) is 16.3 Å². The van der Waals surface area contributed by atoms with Crippen molar-refractivity contribution in [1.29, 1.82) is 0 Å². The van der Waals surface area contributed by atoms with Crippen molar-refractivity contribution in [3.05, 3.63) is 52.3 Å². The Hall–Kier alpha value is -2.28. The monoisotopic (exact) mass is 356 g/mol. The van der Waals surface area contributed by atoms with Crippen LogP contribution in [0.1, 0.15) is 23.6 Å². The maximum absolute atomic E-state index is 12.9. The van der Waals surface area contributed by atoms with E-state index in [-0.39, 0.29) is 10.8 Å². The zero-order valence-corrected chi connectivity index (χ0v) is 13.4. The molecule has 1 amide bonds. The number of alkyl halides is 3. The lowest BCUT2D eigenvalue weighted by Crippen LogP contribution is -2.32. The number of methoxy groups -OCH3 is 1. The molecule has 1 aliphatic heterocycles. The van der Waals surface area contributed by atoms with Crippen LogP contribution < -0.4 is 10.1 Å². The largest absolute Gasteiger partial charge is 0.495 e. The number of carbonyl (C=O) groups excluding carboxylic acids is 1. The Morgan fingerprint density at radius 1 is 1.25 bits per heavy atom. The minimum absolute atomic E-state index is 0.118. The first-order valence-corrected chi connectivity index (χ1v) is 7.29. The number of nitrogens with zero attached hydrogens (tertiary/aromatic N) is 1. The number of ether oxygens (including phenoxy) is 1. The van der Waals surface area contributed by atoms with Gasteiger partial charge < -0.3 is 10.1 Å². The Kier molecular flexibility index (Phi) is 3.71. The van der Waals surface area contributed by atoms with Gasteiger partial charge in [0.1, 0.15) is 16.3 Å². The van der Waals surface area contributed by atoms with Gasteiger partial charge in [-0.05, 0) is 30.7 Å². The molecule has 2 heterocycles. The van der Waals surface area contributed by atoms with Crippen molar-refractivity contribution in [3.8, 4) is 5.75 Å². The number of pyridine rings is 1. The van der Waals surface area contributed by atoms with Crippen LogP contribution in [0.15, 0.2) is 30.5 Å². The summed E-state index contributed by atoms with van der Waals surface area (Å²) in [5.41, 5.74) is -1.10. The molecule has 1 aromatic carbocycles. The number of halogens is 4. The summed E-state index contributed by atoms with van der Waals surface area (Å²) in [6.07, 6.45) is -3.12. The maximum atomic E-state index is 12.9. The van der Waals surface area contributed by atoms with Crippen molar-refractivity contribution < 1.29 is 22.7 Å². The molecular weight excluding hydrogens is 345 g/mol. The number of fused-ring (bicyclic) bond motifs is 1. The average molecular weight is 357 g/mol. The highest BCUT2D eigenvalue weighted by Gasteiger charge is 2.47. The minimum Gasteiger partial charge on any atom is -0.495 e. The first kappa shape index (κ1) is 16.6. The molecule has 3 rings (SSSR count).